The molecule has 0 bridgehead atoms. The maximum absolute atomic E-state index is 5.01. The van der Waals surface area contributed by atoms with Gasteiger partial charge in [-0.05, 0) is 6.92 Å². The van der Waals surface area contributed by atoms with Gasteiger partial charge in [-0.3, -0.25) is 0 Å². The van der Waals surface area contributed by atoms with Crippen LogP contribution in [0, 0.1) is 0 Å². The summed E-state index contributed by atoms with van der Waals surface area (Å²) in [4.78, 5) is 0. The van der Waals surface area contributed by atoms with Crippen LogP contribution in [0.15, 0.2) is 11.9 Å². The summed E-state index contributed by atoms with van der Waals surface area (Å²) in [5.74, 6) is 0. The average molecular weight is 104 g/mol. The molecule has 0 aliphatic carbocycles. The molecule has 0 heterocycles. The van der Waals surface area contributed by atoms with Crippen molar-refractivity contribution in [3.63, 3.8) is 0 Å². The highest BCUT2D eigenvalue weighted by atomic mass is 32.1. The molecule has 36 valence electrons. The lowest BCUT2D eigenvalue weighted by atomic mass is 10.6. The maximum Gasteiger partial charge on any atom is 0.0331 e. The Hall–Kier alpha value is -0.310. The predicted molar refractivity (Wildman–Crippen MR) is 30.1 cm³/mol. The van der Waals surface area contributed by atoms with Gasteiger partial charge in [0.1, 0.15) is 0 Å². The highest BCUT2D eigenvalue weighted by Crippen LogP contribution is 1.78. The van der Waals surface area contributed by atoms with Gasteiger partial charge in [-0.25, -0.2) is 0 Å². The van der Waals surface area contributed by atoms with Crippen LogP contribution in [0.25, 0.3) is 0 Å². The third-order valence-corrected chi connectivity index (χ3v) is 0.779. The number of hydrogen-bond donors (Lipinski definition) is 3. The summed E-state index contributed by atoms with van der Waals surface area (Å²) >= 11 is 3.70. The first-order chi connectivity index (χ1) is 2.81. The van der Waals surface area contributed by atoms with Crippen LogP contribution in [-0.2, 0) is 0 Å². The summed E-state index contributed by atoms with van der Waals surface area (Å²) in [7, 11) is 0. The van der Waals surface area contributed by atoms with E-state index in [0.29, 0.717) is 0 Å². The minimum atomic E-state index is 0.860. The summed E-state index contributed by atoms with van der Waals surface area (Å²) in [5, 5.41) is 0. The molecule has 0 aromatic heterocycles. The third-order valence-electron chi connectivity index (χ3n) is 0.426. The van der Waals surface area contributed by atoms with E-state index in [1.807, 2.05) is 6.92 Å². The zero-order valence-corrected chi connectivity index (χ0v) is 4.50. The number of rotatable bonds is 1. The predicted octanol–water partition coefficient (Wildman–Crippen LogP) is 0.241. The standard InChI is InChI=1S/C3H8N2S/c1-3(2-4)5-6/h2,5-6H,4H2,1H3/b3-2-. The molecule has 0 unspecified atom stereocenters. The van der Waals surface area contributed by atoms with Gasteiger partial charge < -0.3 is 10.5 Å². The molecule has 0 amide bonds. The van der Waals surface area contributed by atoms with Gasteiger partial charge in [-0.15, -0.1) is 0 Å². The zero-order chi connectivity index (χ0) is 4.99. The molecule has 0 rings (SSSR count). The quantitative estimate of drug-likeness (QED) is 0.417. The number of thiol groups is 1. The van der Waals surface area contributed by atoms with Crippen molar-refractivity contribution >= 4 is 12.8 Å². The van der Waals surface area contributed by atoms with Gasteiger partial charge >= 0.3 is 0 Å². The fraction of sp³-hybridized carbons (Fsp3) is 0.333. The molecular formula is C3H8N2S. The van der Waals surface area contributed by atoms with Crippen LogP contribution in [0.4, 0.5) is 0 Å². The molecule has 0 aromatic rings. The highest BCUT2D eigenvalue weighted by molar-refractivity contribution is 7.78. The van der Waals surface area contributed by atoms with Crippen LogP contribution in [0.5, 0.6) is 0 Å². The topological polar surface area (TPSA) is 38.0 Å². The Morgan fingerprint density at radius 3 is 2.50 bits per heavy atom. The number of nitrogens with one attached hydrogen (secondary N) is 1. The first kappa shape index (κ1) is 5.69. The Kier molecular flexibility index (Phi) is 2.75. The summed E-state index contributed by atoms with van der Waals surface area (Å²) in [6, 6.07) is 0. The molecule has 0 spiro atoms. The minimum absolute atomic E-state index is 0.860. The minimum Gasteiger partial charge on any atom is -0.403 e. The Bertz CT molecular complexity index is 59.8. The normalized spacial score (nSPS) is 11.3. The van der Waals surface area contributed by atoms with Gasteiger partial charge in [0.2, 0.25) is 0 Å². The summed E-state index contributed by atoms with van der Waals surface area (Å²) in [6.45, 7) is 1.83. The maximum atomic E-state index is 5.01. The summed E-state index contributed by atoms with van der Waals surface area (Å²) in [6.07, 6.45) is 1.45. The van der Waals surface area contributed by atoms with Crippen LogP contribution in [0.2, 0.25) is 0 Å². The first-order valence-electron chi connectivity index (χ1n) is 1.60. The second kappa shape index (κ2) is 2.90. The van der Waals surface area contributed by atoms with Crippen molar-refractivity contribution in [2.75, 3.05) is 0 Å². The fourth-order valence-electron chi connectivity index (χ4n) is 0.0373. The molecular weight excluding hydrogens is 96.1 g/mol. The molecule has 2 nitrogen and oxygen atoms in total. The van der Waals surface area contributed by atoms with Gasteiger partial charge in [0.25, 0.3) is 0 Å². The summed E-state index contributed by atoms with van der Waals surface area (Å²) in [5.41, 5.74) is 5.87. The fourth-order valence-corrected chi connectivity index (χ4v) is 0.112. The van der Waals surface area contributed by atoms with E-state index in [2.05, 4.69) is 17.5 Å². The largest absolute Gasteiger partial charge is 0.403 e. The number of nitrogens with two attached hydrogens (primary N) is 1. The average Bonchev–Trinajstić information content (AvgIpc) is 1.65. The number of hydrogen-bond acceptors (Lipinski definition) is 3. The van der Waals surface area contributed by atoms with Gasteiger partial charge in [0.05, 0.1) is 0 Å². The van der Waals surface area contributed by atoms with E-state index in [1.165, 1.54) is 6.20 Å². The van der Waals surface area contributed by atoms with Crippen molar-refractivity contribution in [3.05, 3.63) is 11.9 Å². The van der Waals surface area contributed by atoms with Crippen LogP contribution >= 0.6 is 12.8 Å². The van der Waals surface area contributed by atoms with E-state index in [4.69, 9.17) is 5.73 Å². The van der Waals surface area contributed by atoms with E-state index < -0.39 is 0 Å². The molecule has 0 aromatic carbocycles. The molecule has 0 saturated carbocycles. The molecule has 0 radical (unpaired) electrons. The molecule has 0 fully saturated rings. The molecule has 0 saturated heterocycles. The zero-order valence-electron chi connectivity index (χ0n) is 3.60. The van der Waals surface area contributed by atoms with Gasteiger partial charge in [-0.2, -0.15) is 0 Å². The highest BCUT2D eigenvalue weighted by Gasteiger charge is 1.71. The van der Waals surface area contributed by atoms with E-state index in [0.717, 1.165) is 5.70 Å². The van der Waals surface area contributed by atoms with Crippen molar-refractivity contribution in [1.29, 1.82) is 0 Å². The molecule has 0 aliphatic heterocycles. The van der Waals surface area contributed by atoms with Crippen molar-refractivity contribution in [2.45, 2.75) is 6.92 Å². The molecule has 6 heavy (non-hydrogen) atoms. The van der Waals surface area contributed by atoms with Gasteiger partial charge in [0.15, 0.2) is 0 Å². The smallest absolute Gasteiger partial charge is 0.0331 e. The lowest BCUT2D eigenvalue weighted by Gasteiger charge is -1.89. The molecule has 3 N–H and O–H groups in total. The van der Waals surface area contributed by atoms with E-state index in [9.17, 15) is 0 Å². The van der Waals surface area contributed by atoms with Crippen molar-refractivity contribution in [2.24, 2.45) is 5.73 Å². The second-order valence-electron chi connectivity index (χ2n) is 0.961. The van der Waals surface area contributed by atoms with Crippen LogP contribution in [-0.4, -0.2) is 0 Å². The van der Waals surface area contributed by atoms with Crippen LogP contribution < -0.4 is 10.5 Å². The number of allylic oxidation sites excluding steroid dienone is 1. The second-order valence-corrected chi connectivity index (χ2v) is 1.19. The van der Waals surface area contributed by atoms with E-state index in [1.54, 1.807) is 0 Å². The van der Waals surface area contributed by atoms with Gasteiger partial charge in [-0.1, -0.05) is 12.8 Å². The van der Waals surface area contributed by atoms with Crippen molar-refractivity contribution < 1.29 is 0 Å². The Balaban J connectivity index is 3.22. The van der Waals surface area contributed by atoms with Crippen molar-refractivity contribution in [3.8, 4) is 0 Å². The Labute approximate surface area is 43.0 Å². The summed E-state index contributed by atoms with van der Waals surface area (Å²) < 4.78 is 2.55. The lowest BCUT2D eigenvalue weighted by molar-refractivity contribution is 1.19. The monoisotopic (exact) mass is 104 g/mol. The van der Waals surface area contributed by atoms with Crippen LogP contribution in [0.1, 0.15) is 6.92 Å². The van der Waals surface area contributed by atoms with Gasteiger partial charge in [0, 0.05) is 11.9 Å². The van der Waals surface area contributed by atoms with Crippen LogP contribution in [0.3, 0.4) is 0 Å². The van der Waals surface area contributed by atoms with E-state index >= 15 is 0 Å². The first-order valence-corrected chi connectivity index (χ1v) is 2.04. The van der Waals surface area contributed by atoms with E-state index in [-0.39, 0.29) is 0 Å². The molecule has 0 aliphatic rings. The molecule has 0 atom stereocenters. The SMILES string of the molecule is C/C(=C/N)NS. The van der Waals surface area contributed by atoms with Crippen molar-refractivity contribution in [1.82, 2.24) is 4.72 Å². The Morgan fingerprint density at radius 2 is 2.50 bits per heavy atom. The lowest BCUT2D eigenvalue weighted by Crippen LogP contribution is -1.96. The Morgan fingerprint density at radius 1 is 2.00 bits per heavy atom. The molecule has 3 heteroatoms. The third kappa shape index (κ3) is 1.96.